The average molecular weight is 332 g/mol. The fourth-order valence-corrected chi connectivity index (χ4v) is 2.46. The van der Waals surface area contributed by atoms with Crippen LogP contribution in [0.1, 0.15) is 31.5 Å². The Morgan fingerprint density at radius 2 is 2.14 bits per heavy atom. The number of rotatable bonds is 5. The van der Waals surface area contributed by atoms with Gasteiger partial charge in [-0.25, -0.2) is 13.6 Å². The molecule has 2 N–H and O–H groups in total. The second kappa shape index (κ2) is 6.00. The Morgan fingerprint density at radius 3 is 2.71 bits per heavy atom. The van der Waals surface area contributed by atoms with E-state index in [1.165, 1.54) is 18.2 Å². The smallest absolute Gasteiger partial charge is 0.264 e. The number of benzene rings is 1. The number of hydrogen-bond donors (Lipinski definition) is 1. The molecule has 0 radical (unpaired) electrons. The fraction of sp³-hybridized carbons (Fsp3) is 0.333. The molecule has 0 bridgehead atoms. The van der Waals surface area contributed by atoms with Crippen LogP contribution in [0.5, 0.6) is 5.75 Å². The third-order valence-electron chi connectivity index (χ3n) is 2.56. The molecule has 0 saturated heterocycles. The molecule has 0 aliphatic heterocycles. The molecular formula is C12H14ClN3O4S. The predicted octanol–water partition coefficient (Wildman–Crippen LogP) is 2.07. The molecule has 0 unspecified atom stereocenters. The number of halogens is 1. The third kappa shape index (κ3) is 3.93. The molecule has 0 saturated carbocycles. The first-order valence-corrected chi connectivity index (χ1v) is 7.97. The van der Waals surface area contributed by atoms with Crippen LogP contribution >= 0.6 is 11.6 Å². The van der Waals surface area contributed by atoms with Crippen LogP contribution in [0.4, 0.5) is 0 Å². The Morgan fingerprint density at radius 1 is 1.43 bits per heavy atom. The molecular weight excluding hydrogens is 318 g/mol. The first-order valence-electron chi connectivity index (χ1n) is 6.05. The first-order chi connectivity index (χ1) is 9.77. The minimum atomic E-state index is -3.94. The molecule has 0 aliphatic carbocycles. The molecule has 0 aliphatic rings. The van der Waals surface area contributed by atoms with E-state index in [4.69, 9.17) is 26.0 Å². The van der Waals surface area contributed by atoms with Crippen LogP contribution < -0.4 is 9.88 Å². The van der Waals surface area contributed by atoms with Gasteiger partial charge in [-0.05, 0) is 18.2 Å². The summed E-state index contributed by atoms with van der Waals surface area (Å²) in [5.41, 5.74) is 0. The molecule has 2 aromatic rings. The van der Waals surface area contributed by atoms with E-state index < -0.39 is 10.0 Å². The molecule has 1 heterocycles. The van der Waals surface area contributed by atoms with Gasteiger partial charge in [-0.15, -0.1) is 0 Å². The number of sulfonamides is 1. The van der Waals surface area contributed by atoms with Gasteiger partial charge in [-0.2, -0.15) is 4.98 Å². The Labute approximate surface area is 127 Å². The molecule has 7 nitrogen and oxygen atoms in total. The number of aromatic nitrogens is 2. The largest absolute Gasteiger partial charge is 0.482 e. The number of ether oxygens (including phenoxy) is 1. The van der Waals surface area contributed by atoms with Gasteiger partial charge >= 0.3 is 0 Å². The van der Waals surface area contributed by atoms with E-state index in [2.05, 4.69) is 10.1 Å². The Bertz CT molecular complexity index is 743. The van der Waals surface area contributed by atoms with E-state index in [1.807, 2.05) is 13.8 Å². The van der Waals surface area contributed by atoms with E-state index in [0.29, 0.717) is 5.82 Å². The van der Waals surface area contributed by atoms with Gasteiger partial charge in [0.2, 0.25) is 10.0 Å². The minimum absolute atomic E-state index is 0.0656. The van der Waals surface area contributed by atoms with Crippen molar-refractivity contribution in [3.63, 3.8) is 0 Å². The maximum atomic E-state index is 11.5. The van der Waals surface area contributed by atoms with Crippen LogP contribution in [-0.4, -0.2) is 18.6 Å². The van der Waals surface area contributed by atoms with Crippen molar-refractivity contribution in [1.29, 1.82) is 0 Å². The molecule has 114 valence electrons. The highest BCUT2D eigenvalue weighted by Gasteiger charge is 2.17. The standard InChI is InChI=1S/C12H14ClN3O4S/c1-7(2)12-15-11(20-16-12)6-19-9-4-3-8(13)5-10(9)21(14,17)18/h3-5,7H,6H2,1-2H3,(H2,14,17,18). The summed E-state index contributed by atoms with van der Waals surface area (Å²) >= 11 is 5.76. The predicted molar refractivity (Wildman–Crippen MR) is 75.5 cm³/mol. The molecule has 1 aromatic carbocycles. The van der Waals surface area contributed by atoms with E-state index in [-0.39, 0.29) is 34.1 Å². The number of nitrogens with two attached hydrogens (primary N) is 1. The summed E-state index contributed by atoms with van der Waals surface area (Å²) in [5, 5.41) is 9.15. The van der Waals surface area contributed by atoms with Crippen LogP contribution in [0, 0.1) is 0 Å². The first kappa shape index (κ1) is 15.7. The monoisotopic (exact) mass is 331 g/mol. The molecule has 0 fully saturated rings. The number of primary sulfonamides is 1. The Balaban J connectivity index is 2.20. The lowest BCUT2D eigenvalue weighted by molar-refractivity contribution is 0.237. The van der Waals surface area contributed by atoms with Gasteiger partial charge in [0.05, 0.1) is 0 Å². The number of hydrogen-bond acceptors (Lipinski definition) is 6. The normalized spacial score (nSPS) is 11.9. The summed E-state index contributed by atoms with van der Waals surface area (Å²) in [6.07, 6.45) is 0. The van der Waals surface area contributed by atoms with Crippen LogP contribution in [0.2, 0.25) is 5.02 Å². The molecule has 0 amide bonds. The van der Waals surface area contributed by atoms with Gasteiger partial charge in [0.15, 0.2) is 12.4 Å². The second-order valence-corrected chi connectivity index (χ2v) is 6.59. The van der Waals surface area contributed by atoms with Crippen LogP contribution in [0.15, 0.2) is 27.6 Å². The zero-order valence-electron chi connectivity index (χ0n) is 11.4. The van der Waals surface area contributed by atoms with Crippen molar-refractivity contribution >= 4 is 21.6 Å². The topological polar surface area (TPSA) is 108 Å². The van der Waals surface area contributed by atoms with Crippen molar-refractivity contribution in [2.75, 3.05) is 0 Å². The fourth-order valence-electron chi connectivity index (χ4n) is 1.52. The molecule has 0 atom stereocenters. The van der Waals surface area contributed by atoms with Crippen LogP contribution in [-0.2, 0) is 16.6 Å². The lowest BCUT2D eigenvalue weighted by Gasteiger charge is -2.08. The number of nitrogens with zero attached hydrogens (tertiary/aromatic N) is 2. The zero-order valence-corrected chi connectivity index (χ0v) is 13.0. The highest BCUT2D eigenvalue weighted by atomic mass is 35.5. The summed E-state index contributed by atoms with van der Waals surface area (Å²) in [6, 6.07) is 4.14. The lowest BCUT2D eigenvalue weighted by Crippen LogP contribution is -2.14. The third-order valence-corrected chi connectivity index (χ3v) is 3.73. The van der Waals surface area contributed by atoms with Crippen molar-refractivity contribution in [1.82, 2.24) is 10.1 Å². The van der Waals surface area contributed by atoms with Crippen molar-refractivity contribution in [2.45, 2.75) is 31.3 Å². The van der Waals surface area contributed by atoms with Gasteiger partial charge in [-0.1, -0.05) is 30.6 Å². The van der Waals surface area contributed by atoms with Crippen molar-refractivity contribution in [3.8, 4) is 5.75 Å². The molecule has 21 heavy (non-hydrogen) atoms. The Kier molecular flexibility index (Phi) is 4.50. The summed E-state index contributed by atoms with van der Waals surface area (Å²) in [4.78, 5) is 3.93. The van der Waals surface area contributed by atoms with E-state index in [0.717, 1.165) is 0 Å². The summed E-state index contributed by atoms with van der Waals surface area (Å²) in [6.45, 7) is 3.78. The maximum absolute atomic E-state index is 11.5. The van der Waals surface area contributed by atoms with E-state index in [9.17, 15) is 8.42 Å². The van der Waals surface area contributed by atoms with Crippen molar-refractivity contribution < 1.29 is 17.7 Å². The highest BCUT2D eigenvalue weighted by Crippen LogP contribution is 2.27. The van der Waals surface area contributed by atoms with Gasteiger partial charge in [-0.3, -0.25) is 0 Å². The maximum Gasteiger partial charge on any atom is 0.264 e. The molecule has 1 aromatic heterocycles. The lowest BCUT2D eigenvalue weighted by atomic mass is 10.2. The molecule has 2 rings (SSSR count). The van der Waals surface area contributed by atoms with E-state index in [1.54, 1.807) is 0 Å². The molecule has 9 heteroatoms. The van der Waals surface area contributed by atoms with Crippen LogP contribution in [0.25, 0.3) is 0 Å². The summed E-state index contributed by atoms with van der Waals surface area (Å²) in [7, 11) is -3.94. The SMILES string of the molecule is CC(C)c1noc(COc2ccc(Cl)cc2S(N)(=O)=O)n1. The van der Waals surface area contributed by atoms with Crippen molar-refractivity contribution in [2.24, 2.45) is 5.14 Å². The second-order valence-electron chi connectivity index (χ2n) is 4.63. The Hall–Kier alpha value is -1.64. The summed E-state index contributed by atoms with van der Waals surface area (Å²) < 4.78 is 33.4. The quantitative estimate of drug-likeness (QED) is 0.898. The summed E-state index contributed by atoms with van der Waals surface area (Å²) in [5.74, 6) is 0.995. The average Bonchev–Trinajstić information content (AvgIpc) is 2.85. The highest BCUT2D eigenvalue weighted by molar-refractivity contribution is 7.89. The van der Waals surface area contributed by atoms with Gasteiger partial charge in [0.25, 0.3) is 5.89 Å². The van der Waals surface area contributed by atoms with Gasteiger partial charge in [0.1, 0.15) is 10.6 Å². The van der Waals surface area contributed by atoms with Crippen molar-refractivity contribution in [3.05, 3.63) is 34.9 Å². The van der Waals surface area contributed by atoms with Crippen LogP contribution in [0.3, 0.4) is 0 Å². The zero-order chi connectivity index (χ0) is 15.6. The van der Waals surface area contributed by atoms with Gasteiger partial charge < -0.3 is 9.26 Å². The minimum Gasteiger partial charge on any atom is -0.482 e. The molecule has 0 spiro atoms. The van der Waals surface area contributed by atoms with E-state index >= 15 is 0 Å². The van der Waals surface area contributed by atoms with Gasteiger partial charge in [0, 0.05) is 10.9 Å².